The minimum absolute atomic E-state index is 0.0660. The molecule has 0 radical (unpaired) electrons. The van der Waals surface area contributed by atoms with Gasteiger partial charge in [-0.2, -0.15) is 9.78 Å². The average Bonchev–Trinajstić information content (AvgIpc) is 3.19. The average molecular weight is 484 g/mol. The normalized spacial score (nSPS) is 16.9. The van der Waals surface area contributed by atoms with Crippen molar-refractivity contribution in [3.05, 3.63) is 63.9 Å². The number of methoxy groups -OCH3 is 1. The van der Waals surface area contributed by atoms with Crippen molar-refractivity contribution in [2.24, 2.45) is 5.10 Å². The topological polar surface area (TPSA) is 73.6 Å². The van der Waals surface area contributed by atoms with E-state index < -0.39 is 0 Å². The van der Waals surface area contributed by atoms with Gasteiger partial charge in [0.2, 0.25) is 5.16 Å². The summed E-state index contributed by atoms with van der Waals surface area (Å²) in [6.07, 6.45) is 4.10. The maximum absolute atomic E-state index is 5.92. The van der Waals surface area contributed by atoms with Crippen LogP contribution in [-0.2, 0) is 6.54 Å². The summed E-state index contributed by atoms with van der Waals surface area (Å²) in [4.78, 5) is 0. The lowest BCUT2D eigenvalue weighted by Crippen LogP contribution is -2.22. The molecule has 2 aliphatic heterocycles. The fourth-order valence-electron chi connectivity index (χ4n) is 3.26. The van der Waals surface area contributed by atoms with E-state index in [0.29, 0.717) is 13.2 Å². The molecule has 3 heterocycles. The van der Waals surface area contributed by atoms with Crippen molar-refractivity contribution in [2.45, 2.75) is 17.0 Å². The second-order valence-electron chi connectivity index (χ2n) is 6.79. The molecule has 2 aliphatic rings. The molecule has 1 atom stereocenters. The molecule has 0 amide bonds. The number of hydrogen-bond acceptors (Lipinski definition) is 7. The zero-order chi connectivity index (χ0) is 20.5. The Morgan fingerprint density at radius 2 is 2.10 bits per heavy atom. The van der Waals surface area contributed by atoms with Crippen LogP contribution in [-0.4, -0.2) is 40.1 Å². The number of nitrogens with one attached hydrogen (secondary N) is 1. The van der Waals surface area contributed by atoms with Crippen LogP contribution >= 0.6 is 27.7 Å². The van der Waals surface area contributed by atoms with Gasteiger partial charge in [0.15, 0.2) is 5.82 Å². The highest BCUT2D eigenvalue weighted by atomic mass is 79.9. The van der Waals surface area contributed by atoms with E-state index in [-0.39, 0.29) is 5.25 Å². The van der Waals surface area contributed by atoms with E-state index in [1.165, 1.54) is 0 Å². The van der Waals surface area contributed by atoms with E-state index in [1.54, 1.807) is 23.5 Å². The summed E-state index contributed by atoms with van der Waals surface area (Å²) in [5.41, 5.74) is 3.20. The third-order valence-electron chi connectivity index (χ3n) is 4.84. The number of nitrogens with zero attached hydrogens (tertiary/aromatic N) is 4. The van der Waals surface area contributed by atoms with Crippen LogP contribution in [0.15, 0.2) is 62.8 Å². The molecule has 1 unspecified atom stereocenters. The van der Waals surface area contributed by atoms with Gasteiger partial charge in [0.25, 0.3) is 0 Å². The van der Waals surface area contributed by atoms with E-state index in [4.69, 9.17) is 9.47 Å². The molecule has 7 nitrogen and oxygen atoms in total. The molecule has 0 fully saturated rings. The first-order chi connectivity index (χ1) is 14.7. The highest BCUT2D eigenvalue weighted by molar-refractivity contribution is 9.10. The van der Waals surface area contributed by atoms with Crippen molar-refractivity contribution in [3.8, 4) is 11.5 Å². The molecule has 30 heavy (non-hydrogen) atoms. The molecule has 9 heteroatoms. The zero-order valence-electron chi connectivity index (χ0n) is 16.1. The maximum Gasteiger partial charge on any atom is 0.213 e. The van der Waals surface area contributed by atoms with Gasteiger partial charge in [-0.3, -0.25) is 0 Å². The minimum atomic E-state index is 0.0660. The van der Waals surface area contributed by atoms with Crippen LogP contribution in [0, 0.1) is 0 Å². The van der Waals surface area contributed by atoms with Crippen LogP contribution in [0.25, 0.3) is 6.08 Å². The highest BCUT2D eigenvalue weighted by Crippen LogP contribution is 2.35. The largest absolute Gasteiger partial charge is 0.497 e. The molecule has 1 aromatic heterocycles. The SMILES string of the molecule is COc1ccc(NCc2nnc3n2N=CC(C2=Cc4cc(Br)ccc4OC2)S3)cc1. The standard InChI is InChI=1S/C21H18BrN5O2S/c1-28-17-5-3-16(4-6-17)23-11-20-25-26-21-27(20)24-10-19(30-21)14-8-13-9-15(22)2-7-18(13)29-12-14/h2-10,19,23H,11-12H2,1H3. The summed E-state index contributed by atoms with van der Waals surface area (Å²) in [6.45, 7) is 1.06. The molecule has 0 bridgehead atoms. The van der Waals surface area contributed by atoms with E-state index >= 15 is 0 Å². The van der Waals surface area contributed by atoms with Gasteiger partial charge >= 0.3 is 0 Å². The summed E-state index contributed by atoms with van der Waals surface area (Å²) in [7, 11) is 1.65. The number of benzene rings is 2. The molecule has 0 saturated heterocycles. The maximum atomic E-state index is 5.92. The van der Waals surface area contributed by atoms with Crippen LogP contribution in [0.4, 0.5) is 5.69 Å². The van der Waals surface area contributed by atoms with E-state index in [2.05, 4.69) is 48.7 Å². The Morgan fingerprint density at radius 3 is 2.93 bits per heavy atom. The molecule has 152 valence electrons. The number of hydrogen-bond donors (Lipinski definition) is 1. The van der Waals surface area contributed by atoms with Crippen molar-refractivity contribution in [1.82, 2.24) is 14.9 Å². The van der Waals surface area contributed by atoms with Gasteiger partial charge in [0, 0.05) is 21.9 Å². The first-order valence-electron chi connectivity index (χ1n) is 9.36. The zero-order valence-corrected chi connectivity index (χ0v) is 18.5. The van der Waals surface area contributed by atoms with Gasteiger partial charge in [0.05, 0.1) is 18.9 Å². The monoisotopic (exact) mass is 483 g/mol. The fraction of sp³-hybridized carbons (Fsp3) is 0.190. The number of halogens is 1. The Morgan fingerprint density at radius 1 is 1.23 bits per heavy atom. The van der Waals surface area contributed by atoms with Crippen molar-refractivity contribution < 1.29 is 9.47 Å². The molecule has 0 aliphatic carbocycles. The van der Waals surface area contributed by atoms with Gasteiger partial charge in [-0.15, -0.1) is 10.2 Å². The Bertz CT molecular complexity index is 1140. The molecule has 3 aromatic rings. The third-order valence-corrected chi connectivity index (χ3v) is 6.48. The second kappa shape index (κ2) is 8.16. The first kappa shape index (κ1) is 19.2. The Kier molecular flexibility index (Phi) is 5.22. The molecule has 0 spiro atoms. The van der Waals surface area contributed by atoms with E-state index in [1.807, 2.05) is 42.6 Å². The number of aromatic nitrogens is 3. The third kappa shape index (κ3) is 3.82. The number of fused-ring (bicyclic) bond motifs is 2. The summed E-state index contributed by atoms with van der Waals surface area (Å²) < 4.78 is 13.9. The lowest BCUT2D eigenvalue weighted by Gasteiger charge is -2.23. The van der Waals surface area contributed by atoms with Gasteiger partial charge in [-0.05, 0) is 54.1 Å². The quantitative estimate of drug-likeness (QED) is 0.577. The highest BCUT2D eigenvalue weighted by Gasteiger charge is 2.26. The number of thioether (sulfide) groups is 1. The summed E-state index contributed by atoms with van der Waals surface area (Å²) in [6, 6.07) is 13.8. The van der Waals surface area contributed by atoms with Crippen LogP contribution < -0.4 is 14.8 Å². The summed E-state index contributed by atoms with van der Waals surface area (Å²) in [5, 5.41) is 17.4. The van der Waals surface area contributed by atoms with Gasteiger partial charge < -0.3 is 14.8 Å². The molecular weight excluding hydrogens is 466 g/mol. The van der Waals surface area contributed by atoms with Crippen LogP contribution in [0.2, 0.25) is 0 Å². The van der Waals surface area contributed by atoms with Crippen LogP contribution in [0.1, 0.15) is 11.4 Å². The molecule has 2 aromatic carbocycles. The second-order valence-corrected chi connectivity index (χ2v) is 8.81. The number of ether oxygens (including phenoxy) is 2. The van der Waals surface area contributed by atoms with Crippen LogP contribution in [0.3, 0.4) is 0 Å². The number of rotatable bonds is 5. The Balaban J connectivity index is 1.29. The van der Waals surface area contributed by atoms with Gasteiger partial charge in [-0.25, -0.2) is 0 Å². The summed E-state index contributed by atoms with van der Waals surface area (Å²) in [5.74, 6) is 2.48. The van der Waals surface area contributed by atoms with Crippen molar-refractivity contribution >= 4 is 45.7 Å². The minimum Gasteiger partial charge on any atom is -0.497 e. The molecule has 1 N–H and O–H groups in total. The fourth-order valence-corrected chi connectivity index (χ4v) is 4.61. The predicted octanol–water partition coefficient (Wildman–Crippen LogP) is 4.45. The Hall–Kier alpha value is -2.78. The lowest BCUT2D eigenvalue weighted by molar-refractivity contribution is 0.346. The molecule has 5 rings (SSSR count). The first-order valence-corrected chi connectivity index (χ1v) is 11.0. The predicted molar refractivity (Wildman–Crippen MR) is 121 cm³/mol. The number of anilines is 1. The van der Waals surface area contributed by atoms with Crippen molar-refractivity contribution in [1.29, 1.82) is 0 Å². The van der Waals surface area contributed by atoms with Crippen LogP contribution in [0.5, 0.6) is 11.5 Å². The van der Waals surface area contributed by atoms with Crippen molar-refractivity contribution in [2.75, 3.05) is 19.0 Å². The summed E-state index contributed by atoms with van der Waals surface area (Å²) >= 11 is 5.14. The Labute approximate surface area is 186 Å². The molecular formula is C21H18BrN5O2S. The lowest BCUT2D eigenvalue weighted by atomic mass is 10.1. The van der Waals surface area contributed by atoms with E-state index in [9.17, 15) is 0 Å². The van der Waals surface area contributed by atoms with E-state index in [0.717, 1.165) is 43.8 Å². The molecule has 0 saturated carbocycles. The smallest absolute Gasteiger partial charge is 0.213 e. The van der Waals surface area contributed by atoms with Gasteiger partial charge in [0.1, 0.15) is 18.1 Å². The van der Waals surface area contributed by atoms with Gasteiger partial charge in [-0.1, -0.05) is 27.7 Å². The van der Waals surface area contributed by atoms with Crippen molar-refractivity contribution in [3.63, 3.8) is 0 Å².